The molecule has 104 valence electrons. The Hall–Kier alpha value is -1.30. The summed E-state index contributed by atoms with van der Waals surface area (Å²) in [5.74, 6) is 0.111. The first-order valence-corrected chi connectivity index (χ1v) is 6.54. The van der Waals surface area contributed by atoms with Crippen molar-refractivity contribution in [2.45, 2.75) is 19.6 Å². The fraction of sp³-hybridized carbons (Fsp3) is 0.462. The van der Waals surface area contributed by atoms with Gasteiger partial charge in [-0.05, 0) is 24.1 Å². The van der Waals surface area contributed by atoms with E-state index in [0.717, 1.165) is 29.2 Å². The molecule has 1 aromatic carbocycles. The minimum Gasteiger partial charge on any atom is -0.409 e. The van der Waals surface area contributed by atoms with Crippen molar-refractivity contribution in [3.8, 4) is 0 Å². The van der Waals surface area contributed by atoms with E-state index in [-0.39, 0.29) is 11.9 Å². The van der Waals surface area contributed by atoms with Gasteiger partial charge in [0.2, 0.25) is 0 Å². The summed E-state index contributed by atoms with van der Waals surface area (Å²) in [6.07, 6.45) is -0.358. The van der Waals surface area contributed by atoms with Gasteiger partial charge in [0.15, 0.2) is 5.84 Å². The summed E-state index contributed by atoms with van der Waals surface area (Å²) in [6, 6.07) is 6.03. The van der Waals surface area contributed by atoms with Gasteiger partial charge < -0.3 is 15.7 Å². The van der Waals surface area contributed by atoms with Gasteiger partial charge in [0.05, 0.1) is 6.61 Å². The summed E-state index contributed by atoms with van der Waals surface area (Å²) in [7, 11) is 0. The highest BCUT2D eigenvalue weighted by molar-refractivity contribution is 6.31. The molecule has 1 aliphatic heterocycles. The molecule has 0 bridgehead atoms. The first kappa shape index (κ1) is 14.1. The van der Waals surface area contributed by atoms with Crippen LogP contribution >= 0.6 is 11.6 Å². The number of hydrogen-bond acceptors (Lipinski definition) is 4. The van der Waals surface area contributed by atoms with E-state index in [9.17, 15) is 0 Å². The summed E-state index contributed by atoms with van der Waals surface area (Å²) < 4.78 is 5.46. The highest BCUT2D eigenvalue weighted by Crippen LogP contribution is 2.20. The Bertz CT molecular complexity index is 479. The monoisotopic (exact) mass is 283 g/mol. The number of ether oxygens (including phenoxy) is 1. The lowest BCUT2D eigenvalue weighted by Gasteiger charge is -2.32. The third-order valence-corrected chi connectivity index (χ3v) is 3.55. The summed E-state index contributed by atoms with van der Waals surface area (Å²) in [4.78, 5) is 2.18. The van der Waals surface area contributed by atoms with Crippen LogP contribution in [0.2, 0.25) is 5.02 Å². The van der Waals surface area contributed by atoms with Gasteiger partial charge in [-0.3, -0.25) is 4.90 Å². The van der Waals surface area contributed by atoms with Crippen LogP contribution in [0.25, 0.3) is 0 Å². The highest BCUT2D eigenvalue weighted by Gasteiger charge is 2.24. The number of nitrogens with zero attached hydrogens (tertiary/aromatic N) is 2. The van der Waals surface area contributed by atoms with Crippen molar-refractivity contribution >= 4 is 17.4 Å². The van der Waals surface area contributed by atoms with Crippen LogP contribution in [0.1, 0.15) is 11.1 Å². The standard InChI is InChI=1S/C13H18ClN3O2/c1-9-2-3-10(11(14)6-9)7-17-4-5-19-12(8-17)13(15)16-18/h2-3,6,12,18H,4-5,7-8H2,1H3,(H2,15,16). The third-order valence-electron chi connectivity index (χ3n) is 3.20. The molecule has 0 radical (unpaired) electrons. The van der Waals surface area contributed by atoms with Crippen molar-refractivity contribution in [1.82, 2.24) is 4.90 Å². The first-order valence-electron chi connectivity index (χ1n) is 6.16. The molecule has 3 N–H and O–H groups in total. The van der Waals surface area contributed by atoms with Crippen molar-refractivity contribution in [1.29, 1.82) is 0 Å². The molecule has 1 fully saturated rings. The van der Waals surface area contributed by atoms with Gasteiger partial charge in [0, 0.05) is 24.7 Å². The molecule has 1 unspecified atom stereocenters. The molecule has 1 saturated heterocycles. The summed E-state index contributed by atoms with van der Waals surface area (Å²) in [6.45, 7) is 4.71. The Labute approximate surface area is 117 Å². The molecule has 0 aliphatic carbocycles. The molecule has 5 nitrogen and oxygen atoms in total. The lowest BCUT2D eigenvalue weighted by atomic mass is 10.1. The number of amidine groups is 1. The van der Waals surface area contributed by atoms with Gasteiger partial charge in [-0.1, -0.05) is 28.9 Å². The van der Waals surface area contributed by atoms with Crippen LogP contribution < -0.4 is 5.73 Å². The molecule has 1 heterocycles. The molecule has 2 rings (SSSR count). The Morgan fingerprint density at radius 1 is 1.63 bits per heavy atom. The number of rotatable bonds is 3. The molecule has 0 saturated carbocycles. The molecule has 1 aromatic rings. The number of hydrogen-bond donors (Lipinski definition) is 2. The van der Waals surface area contributed by atoms with E-state index < -0.39 is 0 Å². The second-order valence-electron chi connectivity index (χ2n) is 4.71. The summed E-state index contributed by atoms with van der Waals surface area (Å²) >= 11 is 6.23. The van der Waals surface area contributed by atoms with E-state index in [2.05, 4.69) is 10.1 Å². The molecule has 0 spiro atoms. The predicted molar refractivity (Wildman–Crippen MR) is 74.6 cm³/mol. The van der Waals surface area contributed by atoms with Gasteiger partial charge in [-0.25, -0.2) is 0 Å². The van der Waals surface area contributed by atoms with Crippen molar-refractivity contribution in [2.75, 3.05) is 19.7 Å². The van der Waals surface area contributed by atoms with Crippen LogP contribution in [0.3, 0.4) is 0 Å². The quantitative estimate of drug-likeness (QED) is 0.382. The Balaban J connectivity index is 2.02. The number of oxime groups is 1. The van der Waals surface area contributed by atoms with Crippen molar-refractivity contribution < 1.29 is 9.94 Å². The van der Waals surface area contributed by atoms with E-state index in [1.54, 1.807) is 0 Å². The Morgan fingerprint density at radius 3 is 3.11 bits per heavy atom. The lowest BCUT2D eigenvalue weighted by Crippen LogP contribution is -2.48. The van der Waals surface area contributed by atoms with Crippen LogP contribution in [0.15, 0.2) is 23.4 Å². The minimum absolute atomic E-state index is 0.111. The Kier molecular flexibility index (Phi) is 4.63. The molecule has 0 aromatic heterocycles. The first-order chi connectivity index (χ1) is 9.10. The molecule has 19 heavy (non-hydrogen) atoms. The molecular formula is C13H18ClN3O2. The van der Waals surface area contributed by atoms with Gasteiger partial charge in [-0.15, -0.1) is 0 Å². The van der Waals surface area contributed by atoms with E-state index in [1.165, 1.54) is 0 Å². The number of morpholine rings is 1. The lowest BCUT2D eigenvalue weighted by molar-refractivity contribution is 0.00142. The summed E-state index contributed by atoms with van der Waals surface area (Å²) in [5.41, 5.74) is 7.80. The van der Waals surface area contributed by atoms with Crippen LogP contribution in [-0.4, -0.2) is 41.7 Å². The predicted octanol–water partition coefficient (Wildman–Crippen LogP) is 1.60. The number of nitrogens with two attached hydrogens (primary N) is 1. The van der Waals surface area contributed by atoms with E-state index in [1.807, 2.05) is 25.1 Å². The van der Waals surface area contributed by atoms with Gasteiger partial charge in [-0.2, -0.15) is 0 Å². The second kappa shape index (κ2) is 6.23. The van der Waals surface area contributed by atoms with Gasteiger partial charge in [0.25, 0.3) is 0 Å². The van der Waals surface area contributed by atoms with Crippen LogP contribution in [0, 0.1) is 6.92 Å². The van der Waals surface area contributed by atoms with E-state index in [4.69, 9.17) is 27.3 Å². The molecule has 1 aliphatic rings. The highest BCUT2D eigenvalue weighted by atomic mass is 35.5. The zero-order chi connectivity index (χ0) is 13.8. The average Bonchev–Trinajstić information content (AvgIpc) is 2.41. The maximum absolute atomic E-state index is 8.68. The maximum atomic E-state index is 8.68. The van der Waals surface area contributed by atoms with Crippen molar-refractivity contribution in [2.24, 2.45) is 10.9 Å². The zero-order valence-electron chi connectivity index (χ0n) is 10.8. The van der Waals surface area contributed by atoms with Crippen LogP contribution in [0.5, 0.6) is 0 Å². The van der Waals surface area contributed by atoms with Gasteiger partial charge >= 0.3 is 0 Å². The Morgan fingerprint density at radius 2 is 2.42 bits per heavy atom. The fourth-order valence-corrected chi connectivity index (χ4v) is 2.41. The molecule has 1 atom stereocenters. The van der Waals surface area contributed by atoms with Crippen molar-refractivity contribution in [3.05, 3.63) is 34.3 Å². The maximum Gasteiger partial charge on any atom is 0.169 e. The topological polar surface area (TPSA) is 71.1 Å². The molecular weight excluding hydrogens is 266 g/mol. The van der Waals surface area contributed by atoms with E-state index in [0.29, 0.717) is 13.2 Å². The van der Waals surface area contributed by atoms with Gasteiger partial charge in [0.1, 0.15) is 6.10 Å². The van der Waals surface area contributed by atoms with Crippen LogP contribution in [-0.2, 0) is 11.3 Å². The zero-order valence-corrected chi connectivity index (χ0v) is 11.6. The van der Waals surface area contributed by atoms with E-state index >= 15 is 0 Å². The number of halogens is 1. The van der Waals surface area contributed by atoms with Crippen molar-refractivity contribution in [3.63, 3.8) is 0 Å². The minimum atomic E-state index is -0.358. The number of aryl methyl sites for hydroxylation is 1. The normalized spacial score (nSPS) is 21.6. The largest absolute Gasteiger partial charge is 0.409 e. The molecule has 6 heteroatoms. The number of benzene rings is 1. The second-order valence-corrected chi connectivity index (χ2v) is 5.12. The molecule has 0 amide bonds. The summed E-state index contributed by atoms with van der Waals surface area (Å²) in [5, 5.41) is 12.5. The van der Waals surface area contributed by atoms with Crippen LogP contribution in [0.4, 0.5) is 0 Å². The fourth-order valence-electron chi connectivity index (χ4n) is 2.11. The average molecular weight is 284 g/mol. The SMILES string of the molecule is Cc1ccc(CN2CCOC(/C(N)=N/O)C2)c(Cl)c1. The third kappa shape index (κ3) is 3.59. The smallest absolute Gasteiger partial charge is 0.169 e.